The van der Waals surface area contributed by atoms with Crippen molar-refractivity contribution in [1.29, 1.82) is 0 Å². The molecule has 1 unspecified atom stereocenters. The van der Waals surface area contributed by atoms with Crippen molar-refractivity contribution in [2.75, 3.05) is 18.5 Å². The first kappa shape index (κ1) is 26.3. The first-order chi connectivity index (χ1) is 17.8. The number of aryl methyl sites for hydroxylation is 1. The molecule has 2 aliphatic heterocycles. The van der Waals surface area contributed by atoms with E-state index in [1.165, 1.54) is 11.5 Å². The molecule has 12 heteroatoms. The number of nitrogens with one attached hydrogen (secondary N) is 2. The number of hydrogen-bond acceptors (Lipinski definition) is 10. The number of carbonyl (C=O) groups excluding carboxylic acids is 1. The summed E-state index contributed by atoms with van der Waals surface area (Å²) in [5.74, 6) is 3.48. The largest absolute Gasteiger partial charge is 0.381 e. The molecule has 4 rings (SSSR count). The van der Waals surface area contributed by atoms with Crippen molar-refractivity contribution in [3.05, 3.63) is 80.4 Å². The van der Waals surface area contributed by atoms with Gasteiger partial charge in [-0.3, -0.25) is 9.36 Å². The van der Waals surface area contributed by atoms with Crippen LogP contribution in [-0.4, -0.2) is 45.6 Å². The summed E-state index contributed by atoms with van der Waals surface area (Å²) in [6, 6.07) is 7.67. The second kappa shape index (κ2) is 12.0. The standard InChI is InChI=1S/C25H32N6O6/c1-16-3-5-18(6-4-16)15-30-23(29-24(33)31(25(30)34)14-17(2)22(32)37-26)28-19-7-8-21(27-13-19)36-20-9-11-35-12-10-20/h3-8,13,17,20-21,27H,9-12,14-15,26H2,1-2H3,(H,28,29,33)/t17-,21?/m0/s1. The average Bonchev–Trinajstić information content (AvgIpc) is 2.91. The zero-order valence-electron chi connectivity index (χ0n) is 20.9. The van der Waals surface area contributed by atoms with Crippen molar-refractivity contribution < 1.29 is 19.1 Å². The van der Waals surface area contributed by atoms with Crippen LogP contribution < -0.4 is 27.9 Å². The summed E-state index contributed by atoms with van der Waals surface area (Å²) in [7, 11) is 0. The molecule has 198 valence electrons. The van der Waals surface area contributed by atoms with E-state index in [2.05, 4.69) is 20.5 Å². The highest BCUT2D eigenvalue weighted by molar-refractivity contribution is 5.71. The van der Waals surface area contributed by atoms with E-state index in [1.54, 1.807) is 12.3 Å². The maximum Gasteiger partial charge on any atom is 0.354 e. The Morgan fingerprint density at radius 3 is 2.62 bits per heavy atom. The van der Waals surface area contributed by atoms with Crippen LogP contribution in [0, 0.1) is 12.8 Å². The lowest BCUT2D eigenvalue weighted by molar-refractivity contribution is -0.149. The summed E-state index contributed by atoms with van der Waals surface area (Å²) < 4.78 is 13.7. The SMILES string of the molecule is Cc1ccc(Cn2c(NC3=CNC(OC4CCOCC4)C=C3)nc(=O)n(C[C@H](C)C(=O)ON)c2=O)cc1. The molecule has 0 aliphatic carbocycles. The first-order valence-electron chi connectivity index (χ1n) is 12.2. The lowest BCUT2D eigenvalue weighted by Crippen LogP contribution is -2.45. The molecule has 1 aromatic carbocycles. The Morgan fingerprint density at radius 1 is 1.24 bits per heavy atom. The van der Waals surface area contributed by atoms with Crippen LogP contribution in [0.1, 0.15) is 30.9 Å². The zero-order chi connectivity index (χ0) is 26.4. The summed E-state index contributed by atoms with van der Waals surface area (Å²) in [6.45, 7) is 4.79. The van der Waals surface area contributed by atoms with E-state index in [-0.39, 0.29) is 31.4 Å². The maximum absolute atomic E-state index is 13.4. The molecule has 0 spiro atoms. The molecule has 3 heterocycles. The van der Waals surface area contributed by atoms with Crippen molar-refractivity contribution in [3.8, 4) is 0 Å². The molecule has 0 radical (unpaired) electrons. The van der Waals surface area contributed by atoms with Crippen molar-refractivity contribution in [2.45, 2.75) is 52.1 Å². The second-order valence-corrected chi connectivity index (χ2v) is 9.14. The number of anilines is 1. The predicted molar refractivity (Wildman–Crippen MR) is 135 cm³/mol. The van der Waals surface area contributed by atoms with Crippen LogP contribution in [0.3, 0.4) is 0 Å². The Bertz CT molecular complexity index is 1280. The van der Waals surface area contributed by atoms with Crippen LogP contribution in [0.5, 0.6) is 0 Å². The summed E-state index contributed by atoms with van der Waals surface area (Å²) in [6.07, 6.45) is 6.86. The van der Waals surface area contributed by atoms with Gasteiger partial charge in [-0.05, 0) is 37.5 Å². The average molecular weight is 513 g/mol. The number of nitrogens with two attached hydrogens (primary N) is 1. The first-order valence-corrected chi connectivity index (χ1v) is 12.2. The lowest BCUT2D eigenvalue weighted by atomic mass is 10.1. The third-order valence-electron chi connectivity index (χ3n) is 6.20. The van der Waals surface area contributed by atoms with Crippen LogP contribution in [0.25, 0.3) is 0 Å². The minimum Gasteiger partial charge on any atom is -0.381 e. The maximum atomic E-state index is 13.4. The predicted octanol–water partition coefficient (Wildman–Crippen LogP) is 0.749. The molecule has 1 aromatic heterocycles. The number of nitrogens with zero attached hydrogens (tertiary/aromatic N) is 3. The van der Waals surface area contributed by atoms with Crippen LogP contribution in [0.2, 0.25) is 0 Å². The molecule has 2 aliphatic rings. The third-order valence-corrected chi connectivity index (χ3v) is 6.20. The van der Waals surface area contributed by atoms with Gasteiger partial charge in [0.1, 0.15) is 6.23 Å². The van der Waals surface area contributed by atoms with E-state index in [1.807, 2.05) is 37.3 Å². The van der Waals surface area contributed by atoms with Gasteiger partial charge in [-0.25, -0.2) is 14.2 Å². The molecule has 1 saturated heterocycles. The normalized spacial score (nSPS) is 18.6. The number of allylic oxidation sites excluding steroid dienone is 1. The third kappa shape index (κ3) is 6.73. The Hall–Kier alpha value is -3.74. The fraction of sp³-hybridized carbons (Fsp3) is 0.440. The smallest absolute Gasteiger partial charge is 0.354 e. The molecule has 0 amide bonds. The fourth-order valence-corrected chi connectivity index (χ4v) is 4.04. The van der Waals surface area contributed by atoms with Gasteiger partial charge in [0.2, 0.25) is 5.95 Å². The van der Waals surface area contributed by atoms with Gasteiger partial charge in [0.05, 0.1) is 24.3 Å². The highest BCUT2D eigenvalue weighted by Crippen LogP contribution is 2.16. The van der Waals surface area contributed by atoms with Gasteiger partial charge in [0, 0.05) is 26.0 Å². The number of benzene rings is 1. The van der Waals surface area contributed by atoms with Crippen LogP contribution in [0.15, 0.2) is 57.9 Å². The number of rotatable bonds is 9. The minimum atomic E-state index is -0.815. The number of aromatic nitrogens is 3. The van der Waals surface area contributed by atoms with E-state index < -0.39 is 23.3 Å². The molecular weight excluding hydrogens is 480 g/mol. The zero-order valence-corrected chi connectivity index (χ0v) is 20.9. The molecule has 0 saturated carbocycles. The van der Waals surface area contributed by atoms with Gasteiger partial charge in [0.25, 0.3) is 0 Å². The summed E-state index contributed by atoms with van der Waals surface area (Å²) in [4.78, 5) is 46.4. The molecule has 2 aromatic rings. The quantitative estimate of drug-likeness (QED) is 0.411. The Kier molecular flexibility index (Phi) is 8.54. The van der Waals surface area contributed by atoms with Gasteiger partial charge in [-0.1, -0.05) is 36.8 Å². The summed E-state index contributed by atoms with van der Waals surface area (Å²) in [5.41, 5.74) is 1.10. The number of ether oxygens (including phenoxy) is 2. The van der Waals surface area contributed by atoms with Gasteiger partial charge in [-0.15, -0.1) is 0 Å². The number of dihydropyridines is 1. The van der Waals surface area contributed by atoms with Gasteiger partial charge in [-0.2, -0.15) is 10.9 Å². The van der Waals surface area contributed by atoms with Crippen LogP contribution in [0.4, 0.5) is 5.95 Å². The summed E-state index contributed by atoms with van der Waals surface area (Å²) >= 11 is 0. The van der Waals surface area contributed by atoms with Crippen LogP contribution >= 0.6 is 0 Å². The molecule has 2 atom stereocenters. The molecule has 4 N–H and O–H groups in total. The van der Waals surface area contributed by atoms with Gasteiger partial charge in [0.15, 0.2) is 0 Å². The van der Waals surface area contributed by atoms with Crippen molar-refractivity contribution in [2.24, 2.45) is 11.8 Å². The van der Waals surface area contributed by atoms with E-state index in [4.69, 9.17) is 15.4 Å². The van der Waals surface area contributed by atoms with Crippen LogP contribution in [-0.2, 0) is 32.2 Å². The van der Waals surface area contributed by atoms with E-state index in [9.17, 15) is 14.4 Å². The second-order valence-electron chi connectivity index (χ2n) is 9.14. The molecule has 37 heavy (non-hydrogen) atoms. The molecule has 1 fully saturated rings. The fourth-order valence-electron chi connectivity index (χ4n) is 4.04. The highest BCUT2D eigenvalue weighted by Gasteiger charge is 2.22. The Labute approximate surface area is 213 Å². The van der Waals surface area contributed by atoms with Gasteiger partial charge < -0.3 is 24.9 Å². The van der Waals surface area contributed by atoms with E-state index in [0.717, 1.165) is 28.5 Å². The minimum absolute atomic E-state index is 0.0716. The number of hydrogen-bond donors (Lipinski definition) is 3. The number of carbonyl (C=O) groups is 1. The molecular formula is C25H32N6O6. The van der Waals surface area contributed by atoms with E-state index >= 15 is 0 Å². The Balaban J connectivity index is 1.57. The topological polar surface area (TPSA) is 152 Å². The molecule has 0 bridgehead atoms. The van der Waals surface area contributed by atoms with Crippen molar-refractivity contribution in [3.63, 3.8) is 0 Å². The Morgan fingerprint density at radius 2 is 1.97 bits per heavy atom. The lowest BCUT2D eigenvalue weighted by Gasteiger charge is -2.28. The highest BCUT2D eigenvalue weighted by atomic mass is 16.7. The van der Waals surface area contributed by atoms with E-state index in [0.29, 0.717) is 18.9 Å². The molecule has 12 nitrogen and oxygen atoms in total. The van der Waals surface area contributed by atoms with Crippen molar-refractivity contribution >= 4 is 11.9 Å². The van der Waals surface area contributed by atoms with Crippen molar-refractivity contribution in [1.82, 2.24) is 19.4 Å². The van der Waals surface area contributed by atoms with Gasteiger partial charge >= 0.3 is 17.3 Å². The summed E-state index contributed by atoms with van der Waals surface area (Å²) in [5, 5.41) is 6.23. The monoisotopic (exact) mass is 512 g/mol.